The fourth-order valence-corrected chi connectivity index (χ4v) is 12.4. The lowest BCUT2D eigenvalue weighted by Gasteiger charge is -2.35. The molecule has 31 nitrogen and oxygen atoms in total. The Labute approximate surface area is 725 Å². The number of aromatic nitrogens is 7. The number of piperazine rings is 3. The van der Waals surface area contributed by atoms with Crippen LogP contribution in [0.3, 0.4) is 0 Å². The number of nitrogens with two attached hydrogens (primary N) is 2. The molecule has 10 rings (SSSR count). The van der Waals surface area contributed by atoms with Crippen molar-refractivity contribution in [2.45, 2.75) is 61.4 Å². The van der Waals surface area contributed by atoms with Crippen molar-refractivity contribution in [3.8, 4) is 0 Å². The number of carbonyl (C=O) groups excluding carboxylic acids is 2. The number of halogens is 6. The largest absolute Gasteiger partial charge is 0.480 e. The number of Topliss-reactive ketones (excluding diaryl/α,β-unsaturated/α-hetero) is 1. The third-order valence-corrected chi connectivity index (χ3v) is 19.3. The fourth-order valence-electron chi connectivity index (χ4n) is 10.5. The number of nitrogen functional groups attached to an aromatic ring is 1. The highest BCUT2D eigenvalue weighted by Gasteiger charge is 2.23. The van der Waals surface area contributed by atoms with Crippen LogP contribution in [0.25, 0.3) is 0 Å². The van der Waals surface area contributed by atoms with Gasteiger partial charge in [0.05, 0.1) is 77.9 Å². The van der Waals surface area contributed by atoms with Crippen LogP contribution in [-0.4, -0.2) is 301 Å². The molecule has 7 heterocycles. The summed E-state index contributed by atoms with van der Waals surface area (Å²) in [5, 5.41) is 66.3. The zero-order chi connectivity index (χ0) is 83.0. The number of nitrogens with one attached hydrogen (secondary N) is 4. The first kappa shape index (κ1) is 103. The van der Waals surface area contributed by atoms with Crippen LogP contribution in [0.15, 0.2) is 84.0 Å². The molecule has 40 heteroatoms. The monoisotopic (exact) mass is 1850 g/mol. The van der Waals surface area contributed by atoms with E-state index in [0.29, 0.717) is 83.0 Å². The highest BCUT2D eigenvalue weighted by molar-refractivity contribution is 14.0. The van der Waals surface area contributed by atoms with E-state index in [4.69, 9.17) is 125 Å². The van der Waals surface area contributed by atoms with Gasteiger partial charge in [0, 0.05) is 142 Å². The molecule has 0 saturated carbocycles. The Morgan fingerprint density at radius 2 is 1.01 bits per heavy atom. The third-order valence-electron chi connectivity index (χ3n) is 16.6. The quantitative estimate of drug-likeness (QED) is 0.00541. The van der Waals surface area contributed by atoms with E-state index in [-0.39, 0.29) is 105 Å². The van der Waals surface area contributed by atoms with E-state index in [1.54, 1.807) is 35.6 Å². The number of ketones is 1. The molecule has 0 aliphatic carbocycles. The van der Waals surface area contributed by atoms with Crippen molar-refractivity contribution in [1.29, 1.82) is 0 Å². The summed E-state index contributed by atoms with van der Waals surface area (Å²) in [7, 11) is 7.40. The van der Waals surface area contributed by atoms with E-state index >= 15 is 0 Å². The molecule has 0 unspecified atom stereocenters. The number of likely N-dealkylation sites (N-methyl/N-ethyl adjacent to an activating group) is 1. The van der Waals surface area contributed by atoms with Crippen LogP contribution in [0.2, 0.25) is 15.1 Å². The van der Waals surface area contributed by atoms with Crippen LogP contribution in [0.1, 0.15) is 56.8 Å². The van der Waals surface area contributed by atoms with Crippen LogP contribution in [-0.2, 0) is 16.0 Å². The normalized spacial score (nSPS) is 13.3. The minimum atomic E-state index is -0.980. The SMILES string of the molecule is C.CN(C)C(CO)CO.Cc1cccc(Cl)c1N.Cc1cccc(Cl)c1NC(=O)CCl.Cc1nc(NC(=S)N=CN(C)C)cc(N2CCN(CCO)CC2)n1.Cc1nc(NC(N)=S)cc(N2CCN(CCO)CC2)n1.Cc1nc(Nc2ncc(C(=O)Cc3c(C)cccc3Cl)s2)cc(N2CCN(CCO)CC2)n1.I.O=C(O)CCl. The molecule has 3 aliphatic rings. The second kappa shape index (κ2) is 55.6. The number of thiazole rings is 1. The van der Waals surface area contributed by atoms with Crippen molar-refractivity contribution in [3.05, 3.63) is 139 Å². The van der Waals surface area contributed by atoms with Gasteiger partial charge in [0.25, 0.3) is 0 Å². The van der Waals surface area contributed by atoms with Crippen molar-refractivity contribution in [2.75, 3.05) is 213 Å². The zero-order valence-corrected chi connectivity index (χ0v) is 73.7. The Bertz CT molecular complexity index is 4050. The van der Waals surface area contributed by atoms with E-state index in [2.05, 4.69) is 90.5 Å². The number of aryl methyl sites for hydroxylation is 6. The van der Waals surface area contributed by atoms with Crippen LogP contribution in [0.4, 0.5) is 51.4 Å². The van der Waals surface area contributed by atoms with Gasteiger partial charge in [-0.1, -0.05) is 90.0 Å². The molecule has 14 N–H and O–H groups in total. The average Bonchev–Trinajstić information content (AvgIpc) is 1.45. The molecule has 630 valence electrons. The maximum atomic E-state index is 12.8. The molecule has 3 aliphatic heterocycles. The molecule has 4 aromatic heterocycles. The Balaban J connectivity index is 0.000000484. The van der Waals surface area contributed by atoms with E-state index in [9.17, 15) is 14.4 Å². The van der Waals surface area contributed by atoms with Crippen LogP contribution in [0.5, 0.6) is 0 Å². The van der Waals surface area contributed by atoms with Crippen molar-refractivity contribution in [2.24, 2.45) is 10.7 Å². The molecule has 7 aromatic rings. The number of thiocarbonyl (C=S) groups is 2. The first-order chi connectivity index (χ1) is 53.3. The first-order valence-corrected chi connectivity index (χ1v) is 39.3. The topological polar surface area (TPSA) is 401 Å². The summed E-state index contributed by atoms with van der Waals surface area (Å²) in [6.45, 7) is 24.7. The summed E-state index contributed by atoms with van der Waals surface area (Å²) in [4.78, 5) is 85.7. The number of para-hydroxylation sites is 2. The van der Waals surface area contributed by atoms with Gasteiger partial charge in [-0.2, -0.15) is 0 Å². The number of aliphatic hydroxyl groups is 5. The number of hydrogen-bond acceptors (Lipinski definition) is 27. The lowest BCUT2D eigenvalue weighted by molar-refractivity contribution is -0.134. The molecule has 3 fully saturated rings. The number of amides is 1. The summed E-state index contributed by atoms with van der Waals surface area (Å²) in [5.41, 5.74) is 16.1. The lowest BCUT2D eigenvalue weighted by atomic mass is 10.0. The number of aliphatic carboxylic acids is 1. The van der Waals surface area contributed by atoms with E-state index < -0.39 is 5.97 Å². The number of nitrogens with zero attached hydrogens (tertiary/aromatic N) is 16. The van der Waals surface area contributed by atoms with E-state index in [1.165, 1.54) is 11.3 Å². The Hall–Kier alpha value is -6.99. The Kier molecular flexibility index (Phi) is 50.3. The predicted octanol–water partition coefficient (Wildman–Crippen LogP) is 8.75. The number of alkyl halides is 2. The minimum absolute atomic E-state index is 0. The number of rotatable bonds is 23. The van der Waals surface area contributed by atoms with Gasteiger partial charge >= 0.3 is 5.97 Å². The number of carbonyl (C=O) groups is 3. The van der Waals surface area contributed by atoms with Gasteiger partial charge in [0.15, 0.2) is 21.1 Å². The third kappa shape index (κ3) is 38.4. The molecule has 0 spiro atoms. The van der Waals surface area contributed by atoms with Crippen molar-refractivity contribution < 1.29 is 45.0 Å². The summed E-state index contributed by atoms with van der Waals surface area (Å²) < 4.78 is 0. The molecule has 0 atom stereocenters. The number of anilines is 9. The molecule has 1 amide bonds. The number of β-amino-alcohol motifs (C(OH)–C–C–N with tert-alkyl or cyclic N) is 3. The van der Waals surface area contributed by atoms with E-state index in [1.807, 2.05) is 129 Å². The maximum Gasteiger partial charge on any atom is 0.318 e. The average molecular weight is 1850 g/mol. The smallest absolute Gasteiger partial charge is 0.318 e. The second-order valence-corrected chi connectivity index (χ2v) is 29.3. The minimum Gasteiger partial charge on any atom is -0.480 e. The molecule has 114 heavy (non-hydrogen) atoms. The summed E-state index contributed by atoms with van der Waals surface area (Å²) in [5.74, 6) is 4.94. The first-order valence-electron chi connectivity index (χ1n) is 35.5. The summed E-state index contributed by atoms with van der Waals surface area (Å²) >= 11 is 39.3. The van der Waals surface area contributed by atoms with E-state index in [0.717, 1.165) is 131 Å². The van der Waals surface area contributed by atoms with Gasteiger partial charge in [0.1, 0.15) is 64.1 Å². The standard InChI is InChI=1S/C23H27ClN6O2S.C15H25N7OS.C12H20N6OS.C9H9Cl2NO.C7H8ClN.C5H13NO2.C2H3ClO2.CH4.HI/c1-15-4-3-5-18(24)17(15)12-19(32)20-14-25-23(33-20)28-21-13-22(27-16(2)26-21)30-8-6-29(7-9-30)10-11-31;1-12-17-13(19-15(24)16-11-20(2)3)10-14(18-12)22-6-4-21(5-7-22)8-9-23;1-9-14-10(16-12(13)20)8-11(15-9)18-4-2-17(3-5-18)6-7-19;1-6-3-2-4-7(11)9(6)12-8(13)5-10;1-5-3-2-4-6(8)7(5)9;1-6(2)5(3-7)4-8;3-1-2(4)5;;/h3-5,13-14,31H,6-12H2,1-2H3,(H,25,26,27,28);10-11,23H,4-9H2,1-3H3,(H,17,18,19,24);8,19H,2-7H2,1H3,(H3,13,14,15,16,20);2-4H,5H2,1H3,(H,12,13);2-4H,9H2,1H3;5,7-8H,3-4H2,1-2H3;1H2,(H,4,5);1H4;1H. The highest BCUT2D eigenvalue weighted by atomic mass is 127. The molecule has 3 saturated heterocycles. The summed E-state index contributed by atoms with van der Waals surface area (Å²) in [6, 6.07) is 22.2. The lowest BCUT2D eigenvalue weighted by Crippen LogP contribution is -2.47. The summed E-state index contributed by atoms with van der Waals surface area (Å²) in [6.07, 6.45) is 3.48. The van der Waals surface area contributed by atoms with Crippen molar-refractivity contribution in [1.82, 2.24) is 59.4 Å². The van der Waals surface area contributed by atoms with Crippen LogP contribution < -0.4 is 47.4 Å². The van der Waals surface area contributed by atoms with Crippen molar-refractivity contribution in [3.63, 3.8) is 0 Å². The number of carboxylic acids is 1. The van der Waals surface area contributed by atoms with Crippen LogP contribution in [0, 0.1) is 41.5 Å². The van der Waals surface area contributed by atoms with Gasteiger partial charge in [-0.25, -0.2) is 39.9 Å². The Morgan fingerprint density at radius 1 is 0.596 bits per heavy atom. The van der Waals surface area contributed by atoms with Gasteiger partial charge in [-0.05, 0) is 121 Å². The Morgan fingerprint density at radius 3 is 1.38 bits per heavy atom. The van der Waals surface area contributed by atoms with Crippen LogP contribution >= 0.6 is 118 Å². The number of benzene rings is 3. The molecule has 0 bridgehead atoms. The predicted molar refractivity (Wildman–Crippen MR) is 484 cm³/mol. The van der Waals surface area contributed by atoms with Gasteiger partial charge in [0.2, 0.25) is 5.91 Å². The molecular formula is C74H110Cl5IN22O9S3. The fraction of sp³-hybridized carbons (Fsp3) is 0.473. The number of carboxylic acid groups (broad SMARTS) is 1. The number of hydrogen-bond donors (Lipinski definition) is 12. The van der Waals surface area contributed by atoms with Gasteiger partial charge in [-0.3, -0.25) is 29.1 Å². The zero-order valence-electron chi connectivity index (χ0n) is 65.2. The van der Waals surface area contributed by atoms with Gasteiger partial charge < -0.3 is 87.9 Å². The molecular weight excluding hydrogens is 1740 g/mol. The van der Waals surface area contributed by atoms with Crippen molar-refractivity contribution >= 4 is 203 Å². The number of aliphatic hydroxyl groups excluding tert-OH is 5. The number of aliphatic imine (C=N–C) groups is 1. The molecule has 3 aromatic carbocycles. The highest BCUT2D eigenvalue weighted by Crippen LogP contribution is 2.29. The molecule has 0 radical (unpaired) electrons. The van der Waals surface area contributed by atoms with Gasteiger partial charge in [-0.15, -0.1) is 47.2 Å². The maximum absolute atomic E-state index is 12.8. The second-order valence-electron chi connectivity index (χ2n) is 25.6.